The maximum absolute atomic E-state index is 13.1. The fraction of sp³-hybridized carbons (Fsp3) is 0.429. The van der Waals surface area contributed by atoms with Crippen LogP contribution in [0.4, 0.5) is 4.39 Å². The number of benzene rings is 1. The van der Waals surface area contributed by atoms with E-state index < -0.39 is 5.82 Å². The van der Waals surface area contributed by atoms with Crippen molar-refractivity contribution in [3.8, 4) is 11.4 Å². The van der Waals surface area contributed by atoms with Gasteiger partial charge in [-0.3, -0.25) is 0 Å². The van der Waals surface area contributed by atoms with Gasteiger partial charge in [-0.05, 0) is 44.1 Å². The van der Waals surface area contributed by atoms with Crippen molar-refractivity contribution in [1.29, 1.82) is 0 Å². The van der Waals surface area contributed by atoms with Gasteiger partial charge in [0.1, 0.15) is 12.4 Å². The minimum atomic E-state index is -0.474. The summed E-state index contributed by atoms with van der Waals surface area (Å²) in [6.45, 7) is 2.22. The highest BCUT2D eigenvalue weighted by molar-refractivity contribution is 6.31. The topological polar surface area (TPSA) is 60.2 Å². The second-order valence-electron chi connectivity index (χ2n) is 4.90. The van der Waals surface area contributed by atoms with Crippen molar-refractivity contribution >= 4 is 11.6 Å². The summed E-state index contributed by atoms with van der Waals surface area (Å²) in [6.07, 6.45) is 2.19. The number of halogens is 2. The standard InChI is InChI=1S/C14H15ClFN3O2/c15-11-7-9(1-2-12(11)16)14-18-13(21-19-14)8-20-10-3-5-17-6-4-10/h1-2,7,10,17H,3-6,8H2. The first-order chi connectivity index (χ1) is 10.2. The zero-order valence-electron chi connectivity index (χ0n) is 11.3. The minimum absolute atomic E-state index is 0.0322. The van der Waals surface area contributed by atoms with E-state index in [2.05, 4.69) is 15.5 Å². The highest BCUT2D eigenvalue weighted by atomic mass is 35.5. The lowest BCUT2D eigenvalue weighted by Gasteiger charge is -2.21. The van der Waals surface area contributed by atoms with Crippen molar-refractivity contribution in [1.82, 2.24) is 15.5 Å². The van der Waals surface area contributed by atoms with Crippen LogP contribution in [0.3, 0.4) is 0 Å². The Morgan fingerprint density at radius 1 is 1.38 bits per heavy atom. The molecule has 0 amide bonds. The smallest absolute Gasteiger partial charge is 0.252 e. The summed E-state index contributed by atoms with van der Waals surface area (Å²) < 4.78 is 24.0. The summed E-state index contributed by atoms with van der Waals surface area (Å²) in [7, 11) is 0. The van der Waals surface area contributed by atoms with Crippen LogP contribution in [0.15, 0.2) is 22.7 Å². The van der Waals surface area contributed by atoms with E-state index in [0.29, 0.717) is 17.3 Å². The predicted octanol–water partition coefficient (Wildman–Crippen LogP) is 2.80. The highest BCUT2D eigenvalue weighted by Gasteiger charge is 2.16. The van der Waals surface area contributed by atoms with Crippen molar-refractivity contribution in [2.24, 2.45) is 0 Å². The summed E-state index contributed by atoms with van der Waals surface area (Å²) in [5.74, 6) is 0.308. The molecular formula is C14H15ClFN3O2. The third-order valence-electron chi connectivity index (χ3n) is 3.37. The van der Waals surface area contributed by atoms with Crippen LogP contribution in [0.1, 0.15) is 18.7 Å². The molecule has 0 aliphatic carbocycles. The number of piperidine rings is 1. The average molecular weight is 312 g/mol. The summed E-state index contributed by atoms with van der Waals surface area (Å²) in [6, 6.07) is 4.31. The molecule has 21 heavy (non-hydrogen) atoms. The van der Waals surface area contributed by atoms with Crippen LogP contribution in [0.5, 0.6) is 0 Å². The van der Waals surface area contributed by atoms with Gasteiger partial charge in [0.15, 0.2) is 0 Å². The van der Waals surface area contributed by atoms with E-state index in [1.807, 2.05) is 0 Å². The Kier molecular flexibility index (Phi) is 4.48. The lowest BCUT2D eigenvalue weighted by molar-refractivity contribution is 0.00859. The van der Waals surface area contributed by atoms with E-state index in [-0.39, 0.29) is 17.7 Å². The average Bonchev–Trinajstić information content (AvgIpc) is 2.98. The molecular weight excluding hydrogens is 297 g/mol. The fourth-order valence-corrected chi connectivity index (χ4v) is 2.40. The van der Waals surface area contributed by atoms with E-state index in [1.165, 1.54) is 12.1 Å². The van der Waals surface area contributed by atoms with E-state index in [9.17, 15) is 4.39 Å². The molecule has 0 bridgehead atoms. The Bertz CT molecular complexity index is 614. The Labute approximate surface area is 126 Å². The van der Waals surface area contributed by atoms with E-state index in [1.54, 1.807) is 6.07 Å². The molecule has 1 N–H and O–H groups in total. The van der Waals surface area contributed by atoms with Gasteiger partial charge in [0.25, 0.3) is 5.89 Å². The number of hydrogen-bond acceptors (Lipinski definition) is 5. The SMILES string of the molecule is Fc1ccc(-c2noc(COC3CCNCC3)n2)cc1Cl. The van der Waals surface area contributed by atoms with Crippen molar-refractivity contribution in [2.45, 2.75) is 25.6 Å². The first-order valence-electron chi connectivity index (χ1n) is 6.83. The van der Waals surface area contributed by atoms with Gasteiger partial charge in [-0.2, -0.15) is 4.98 Å². The van der Waals surface area contributed by atoms with Gasteiger partial charge in [-0.15, -0.1) is 0 Å². The summed E-state index contributed by atoms with van der Waals surface area (Å²) in [5.41, 5.74) is 0.610. The van der Waals surface area contributed by atoms with Crippen molar-refractivity contribution in [3.05, 3.63) is 34.9 Å². The molecule has 0 radical (unpaired) electrons. The van der Waals surface area contributed by atoms with E-state index >= 15 is 0 Å². The molecule has 2 heterocycles. The largest absolute Gasteiger partial charge is 0.368 e. The molecule has 5 nitrogen and oxygen atoms in total. The molecule has 1 saturated heterocycles. The fourth-order valence-electron chi connectivity index (χ4n) is 2.22. The van der Waals surface area contributed by atoms with Gasteiger partial charge in [0.05, 0.1) is 11.1 Å². The van der Waals surface area contributed by atoms with Gasteiger partial charge >= 0.3 is 0 Å². The maximum atomic E-state index is 13.1. The summed E-state index contributed by atoms with van der Waals surface area (Å²) in [4.78, 5) is 4.24. The van der Waals surface area contributed by atoms with Crippen LogP contribution < -0.4 is 5.32 Å². The molecule has 2 aromatic rings. The molecule has 1 aliphatic heterocycles. The van der Waals surface area contributed by atoms with Gasteiger partial charge in [-0.1, -0.05) is 16.8 Å². The van der Waals surface area contributed by atoms with Crippen LogP contribution in [-0.4, -0.2) is 29.3 Å². The molecule has 7 heteroatoms. The highest BCUT2D eigenvalue weighted by Crippen LogP contribution is 2.23. The van der Waals surface area contributed by atoms with Crippen LogP contribution in [0, 0.1) is 5.82 Å². The third-order valence-corrected chi connectivity index (χ3v) is 3.66. The molecule has 3 rings (SSSR count). The molecule has 0 saturated carbocycles. The third kappa shape index (κ3) is 3.58. The monoisotopic (exact) mass is 311 g/mol. The Balaban J connectivity index is 1.63. The number of nitrogens with one attached hydrogen (secondary N) is 1. The zero-order chi connectivity index (χ0) is 14.7. The van der Waals surface area contributed by atoms with Crippen molar-refractivity contribution < 1.29 is 13.7 Å². The predicted molar refractivity (Wildman–Crippen MR) is 75.4 cm³/mol. The van der Waals surface area contributed by atoms with Crippen LogP contribution in [-0.2, 0) is 11.3 Å². The lowest BCUT2D eigenvalue weighted by Crippen LogP contribution is -2.32. The number of rotatable bonds is 4. The molecule has 112 valence electrons. The second kappa shape index (κ2) is 6.51. The van der Waals surface area contributed by atoms with Gasteiger partial charge in [0, 0.05) is 5.56 Å². The first-order valence-corrected chi connectivity index (χ1v) is 7.20. The number of hydrogen-bond donors (Lipinski definition) is 1. The normalized spacial score (nSPS) is 16.3. The van der Waals surface area contributed by atoms with Gasteiger partial charge < -0.3 is 14.6 Å². The minimum Gasteiger partial charge on any atom is -0.368 e. The molecule has 1 aromatic heterocycles. The van der Waals surface area contributed by atoms with Crippen molar-refractivity contribution in [2.75, 3.05) is 13.1 Å². The van der Waals surface area contributed by atoms with Crippen LogP contribution in [0.25, 0.3) is 11.4 Å². The van der Waals surface area contributed by atoms with Crippen LogP contribution >= 0.6 is 11.6 Å². The Morgan fingerprint density at radius 2 is 2.19 bits per heavy atom. The van der Waals surface area contributed by atoms with Crippen molar-refractivity contribution in [3.63, 3.8) is 0 Å². The molecule has 0 atom stereocenters. The molecule has 1 aromatic carbocycles. The number of nitrogens with zero attached hydrogens (tertiary/aromatic N) is 2. The molecule has 1 aliphatic rings. The number of aromatic nitrogens is 2. The zero-order valence-corrected chi connectivity index (χ0v) is 12.1. The molecule has 0 unspecified atom stereocenters. The second-order valence-corrected chi connectivity index (χ2v) is 5.31. The van der Waals surface area contributed by atoms with E-state index in [4.69, 9.17) is 20.9 Å². The summed E-state index contributed by atoms with van der Waals surface area (Å²) >= 11 is 5.74. The van der Waals surface area contributed by atoms with Crippen LogP contribution in [0.2, 0.25) is 5.02 Å². The molecule has 0 spiro atoms. The summed E-state index contributed by atoms with van der Waals surface area (Å²) in [5, 5.41) is 7.17. The molecule has 1 fully saturated rings. The van der Waals surface area contributed by atoms with E-state index in [0.717, 1.165) is 25.9 Å². The Morgan fingerprint density at radius 3 is 2.95 bits per heavy atom. The quantitative estimate of drug-likeness (QED) is 0.941. The Hall–Kier alpha value is -1.50. The lowest BCUT2D eigenvalue weighted by atomic mass is 10.1. The maximum Gasteiger partial charge on any atom is 0.252 e. The first kappa shape index (κ1) is 14.4. The van der Waals surface area contributed by atoms with Gasteiger partial charge in [0.2, 0.25) is 5.82 Å². The number of ether oxygens (including phenoxy) is 1. The van der Waals surface area contributed by atoms with Gasteiger partial charge in [-0.25, -0.2) is 4.39 Å².